The number of hydrogen-bond donors (Lipinski definition) is 1. The number of rotatable bonds is 14. The number of esters is 1. The van der Waals surface area contributed by atoms with Crippen molar-refractivity contribution >= 4 is 17.7 Å². The fourth-order valence-corrected chi connectivity index (χ4v) is 2.83. The first kappa shape index (κ1) is 21.4. The summed E-state index contributed by atoms with van der Waals surface area (Å²) in [5.41, 5.74) is 0. The second-order valence-corrected chi connectivity index (χ2v) is 6.71. The maximum Gasteiger partial charge on any atom is 0.328 e. The van der Waals surface area contributed by atoms with Crippen molar-refractivity contribution in [3.05, 3.63) is 12.2 Å². The lowest BCUT2D eigenvalue weighted by Crippen LogP contribution is -2.38. The van der Waals surface area contributed by atoms with Crippen LogP contribution >= 0.6 is 0 Å². The van der Waals surface area contributed by atoms with E-state index in [1.54, 1.807) is 0 Å². The number of unbranched alkanes of at least 4 members (excludes halogenated alkanes) is 7. The van der Waals surface area contributed by atoms with Gasteiger partial charge in [-0.25, -0.2) is 4.79 Å². The fraction of sp³-hybridized carbons (Fsp3) is 0.750. The summed E-state index contributed by atoms with van der Waals surface area (Å²) in [6.45, 7) is 2.56. The first-order chi connectivity index (χ1) is 12.1. The third-order valence-electron chi connectivity index (χ3n) is 4.35. The molecule has 1 heterocycles. The van der Waals surface area contributed by atoms with E-state index in [4.69, 9.17) is 4.74 Å². The lowest BCUT2D eigenvalue weighted by Gasteiger charge is -2.08. The Kier molecular flexibility index (Phi) is 11.7. The van der Waals surface area contributed by atoms with E-state index >= 15 is 0 Å². The van der Waals surface area contributed by atoms with Gasteiger partial charge in [-0.05, 0) is 32.1 Å². The second-order valence-electron chi connectivity index (χ2n) is 6.71. The maximum absolute atomic E-state index is 11.8. The normalized spacial score (nSPS) is 17.0. The third-order valence-corrected chi connectivity index (χ3v) is 4.35. The van der Waals surface area contributed by atoms with Crippen molar-refractivity contribution < 1.29 is 19.1 Å². The molecule has 0 saturated carbocycles. The zero-order chi connectivity index (χ0) is 18.3. The minimum absolute atomic E-state index is 0.0599. The average Bonchev–Trinajstić information content (AvgIpc) is 2.97. The summed E-state index contributed by atoms with van der Waals surface area (Å²) >= 11 is 0. The summed E-state index contributed by atoms with van der Waals surface area (Å²) in [7, 11) is 0. The number of Topliss-reactive ketones (excluding diaryl/α,β-unsaturated/α-hetero) is 1. The highest BCUT2D eigenvalue weighted by Gasteiger charge is 2.28. The molecule has 0 aromatic rings. The van der Waals surface area contributed by atoms with Gasteiger partial charge in [0.1, 0.15) is 11.8 Å². The number of nitrogens with one attached hydrogen (secondary N) is 1. The molecule has 0 aromatic heterocycles. The van der Waals surface area contributed by atoms with E-state index in [0.29, 0.717) is 19.4 Å². The Bertz CT molecular complexity index is 445. The van der Waals surface area contributed by atoms with Gasteiger partial charge in [0.05, 0.1) is 13.0 Å². The quantitative estimate of drug-likeness (QED) is 0.223. The molecule has 25 heavy (non-hydrogen) atoms. The molecular formula is C20H33NO4. The van der Waals surface area contributed by atoms with Crippen LogP contribution in [-0.2, 0) is 19.1 Å². The minimum Gasteiger partial charge on any atom is -0.464 e. The van der Waals surface area contributed by atoms with Crippen molar-refractivity contribution in [2.24, 2.45) is 0 Å². The lowest BCUT2D eigenvalue weighted by atomic mass is 10.1. The van der Waals surface area contributed by atoms with Crippen LogP contribution in [0.1, 0.15) is 84.0 Å². The van der Waals surface area contributed by atoms with Crippen LogP contribution in [0.3, 0.4) is 0 Å². The molecule has 1 atom stereocenters. The Morgan fingerprint density at radius 2 is 1.76 bits per heavy atom. The van der Waals surface area contributed by atoms with E-state index in [0.717, 1.165) is 25.7 Å². The van der Waals surface area contributed by atoms with Gasteiger partial charge in [-0.15, -0.1) is 0 Å². The molecule has 1 rings (SSSR count). The Labute approximate surface area is 151 Å². The molecule has 1 fully saturated rings. The molecule has 1 aliphatic heterocycles. The minimum atomic E-state index is -0.575. The van der Waals surface area contributed by atoms with Crippen molar-refractivity contribution in [3.63, 3.8) is 0 Å². The molecule has 0 spiro atoms. The molecule has 5 heteroatoms. The average molecular weight is 351 g/mol. The third kappa shape index (κ3) is 10.7. The highest BCUT2D eigenvalue weighted by atomic mass is 16.5. The molecule has 1 N–H and O–H groups in total. The predicted octanol–water partition coefficient (Wildman–Crippen LogP) is 3.85. The number of allylic oxidation sites excluding steroid dienone is 2. The van der Waals surface area contributed by atoms with Crippen LogP contribution in [-0.4, -0.2) is 30.3 Å². The molecule has 5 nitrogen and oxygen atoms in total. The van der Waals surface area contributed by atoms with Gasteiger partial charge < -0.3 is 10.1 Å². The summed E-state index contributed by atoms with van der Waals surface area (Å²) < 4.78 is 4.77. The summed E-state index contributed by atoms with van der Waals surface area (Å²) in [6.07, 6.45) is 15.6. The fourth-order valence-electron chi connectivity index (χ4n) is 2.83. The standard InChI is InChI=1S/C20H33NO4/c1-2-3-4-5-6-7-8-9-10-11-12-13-17(22)16-19(23)21-18-14-15-25-20(18)24/h7-8,18H,2-6,9-16H2,1H3,(H,21,23)/b8-7+. The van der Waals surface area contributed by atoms with Gasteiger partial charge in [0.15, 0.2) is 0 Å². The van der Waals surface area contributed by atoms with Crippen molar-refractivity contribution in [1.82, 2.24) is 5.32 Å². The topological polar surface area (TPSA) is 72.5 Å². The van der Waals surface area contributed by atoms with Gasteiger partial charge in [-0.3, -0.25) is 9.59 Å². The van der Waals surface area contributed by atoms with Crippen molar-refractivity contribution in [2.45, 2.75) is 90.0 Å². The van der Waals surface area contributed by atoms with E-state index in [9.17, 15) is 14.4 Å². The number of amides is 1. The highest BCUT2D eigenvalue weighted by Crippen LogP contribution is 2.09. The predicted molar refractivity (Wildman–Crippen MR) is 98.1 cm³/mol. The first-order valence-electron chi connectivity index (χ1n) is 9.76. The Morgan fingerprint density at radius 1 is 1.08 bits per heavy atom. The number of ketones is 1. The number of ether oxygens (including phenoxy) is 1. The van der Waals surface area contributed by atoms with E-state index in [2.05, 4.69) is 24.4 Å². The van der Waals surface area contributed by atoms with Crippen LogP contribution in [0.25, 0.3) is 0 Å². The van der Waals surface area contributed by atoms with Crippen LogP contribution in [0, 0.1) is 0 Å². The highest BCUT2D eigenvalue weighted by molar-refractivity contribution is 5.99. The number of carbonyl (C=O) groups excluding carboxylic acids is 3. The Hall–Kier alpha value is -1.65. The van der Waals surface area contributed by atoms with Gasteiger partial charge in [-0.1, -0.05) is 44.8 Å². The molecule has 1 unspecified atom stereocenters. The van der Waals surface area contributed by atoms with E-state index in [1.165, 1.54) is 32.1 Å². The second kappa shape index (κ2) is 13.6. The molecule has 0 aliphatic carbocycles. The zero-order valence-electron chi connectivity index (χ0n) is 15.6. The van der Waals surface area contributed by atoms with Gasteiger partial charge >= 0.3 is 5.97 Å². The van der Waals surface area contributed by atoms with Crippen molar-refractivity contribution in [1.29, 1.82) is 0 Å². The van der Waals surface area contributed by atoms with Gasteiger partial charge in [0.2, 0.25) is 5.91 Å². The SMILES string of the molecule is CCCCCC/C=C/CCCCCC(=O)CC(=O)NC1CCOC1=O. The van der Waals surface area contributed by atoms with Crippen LogP contribution in [0.2, 0.25) is 0 Å². The van der Waals surface area contributed by atoms with Gasteiger partial charge in [0.25, 0.3) is 0 Å². The molecule has 0 radical (unpaired) electrons. The maximum atomic E-state index is 11.8. The summed E-state index contributed by atoms with van der Waals surface area (Å²) in [4.78, 5) is 34.7. The summed E-state index contributed by atoms with van der Waals surface area (Å²) in [6, 6.07) is -0.575. The number of hydrogen-bond acceptors (Lipinski definition) is 4. The largest absolute Gasteiger partial charge is 0.464 e. The first-order valence-corrected chi connectivity index (χ1v) is 9.76. The molecule has 1 amide bonds. The lowest BCUT2D eigenvalue weighted by molar-refractivity contribution is -0.142. The van der Waals surface area contributed by atoms with Crippen molar-refractivity contribution in [2.75, 3.05) is 6.61 Å². The van der Waals surface area contributed by atoms with Crippen LogP contribution in [0.5, 0.6) is 0 Å². The smallest absolute Gasteiger partial charge is 0.328 e. The molecule has 1 saturated heterocycles. The van der Waals surface area contributed by atoms with E-state index in [-0.39, 0.29) is 18.1 Å². The van der Waals surface area contributed by atoms with Crippen LogP contribution < -0.4 is 5.32 Å². The van der Waals surface area contributed by atoms with E-state index < -0.39 is 12.0 Å². The van der Waals surface area contributed by atoms with Gasteiger partial charge in [0, 0.05) is 12.8 Å². The monoisotopic (exact) mass is 351 g/mol. The van der Waals surface area contributed by atoms with E-state index in [1.807, 2.05) is 0 Å². The van der Waals surface area contributed by atoms with Crippen molar-refractivity contribution in [3.8, 4) is 0 Å². The van der Waals surface area contributed by atoms with Crippen LogP contribution in [0.15, 0.2) is 12.2 Å². The summed E-state index contributed by atoms with van der Waals surface area (Å²) in [5.74, 6) is -0.839. The van der Waals surface area contributed by atoms with Crippen LogP contribution in [0.4, 0.5) is 0 Å². The molecule has 0 bridgehead atoms. The number of carbonyl (C=O) groups is 3. The summed E-state index contributed by atoms with van der Waals surface area (Å²) in [5, 5.41) is 2.56. The Balaban J connectivity index is 1.95. The Morgan fingerprint density at radius 3 is 2.36 bits per heavy atom. The van der Waals surface area contributed by atoms with Gasteiger partial charge in [-0.2, -0.15) is 0 Å². The molecule has 0 aromatic carbocycles. The molecule has 142 valence electrons. The molecular weight excluding hydrogens is 318 g/mol. The zero-order valence-corrected chi connectivity index (χ0v) is 15.6. The molecule has 1 aliphatic rings. The number of cyclic esters (lactones) is 1.